The van der Waals surface area contributed by atoms with Gasteiger partial charge < -0.3 is 14.2 Å². The third-order valence-electron chi connectivity index (χ3n) is 5.04. The molecule has 3 rings (SSSR count). The molecule has 2 aromatic rings. The maximum Gasteiger partial charge on any atom is 0.328 e. The summed E-state index contributed by atoms with van der Waals surface area (Å²) in [7, 11) is -2.28. The average Bonchev–Trinajstić information content (AvgIpc) is 2.71. The van der Waals surface area contributed by atoms with E-state index in [1.165, 1.54) is 30.2 Å². The Hall–Kier alpha value is -3.60. The second-order valence-electron chi connectivity index (χ2n) is 8.85. The highest BCUT2D eigenvalue weighted by Crippen LogP contribution is 2.38. The van der Waals surface area contributed by atoms with Crippen LogP contribution in [0.15, 0.2) is 36.4 Å². The Labute approximate surface area is 198 Å². The Balaban J connectivity index is 2.04. The van der Waals surface area contributed by atoms with Crippen molar-refractivity contribution in [3.05, 3.63) is 47.5 Å². The number of urea groups is 1. The van der Waals surface area contributed by atoms with Gasteiger partial charge in [-0.25, -0.2) is 4.79 Å². The zero-order valence-electron chi connectivity index (χ0n) is 19.6. The average molecular weight is 490 g/mol. The third-order valence-corrected chi connectivity index (χ3v) is 5.53. The molecule has 1 aliphatic rings. The molecule has 182 valence electrons. The van der Waals surface area contributed by atoms with Gasteiger partial charge in [0.2, 0.25) is 5.91 Å². The Morgan fingerprint density at radius 1 is 1.15 bits per heavy atom. The van der Waals surface area contributed by atoms with Crippen molar-refractivity contribution in [3.63, 3.8) is 0 Å². The summed E-state index contributed by atoms with van der Waals surface area (Å²) >= 11 is 0. The molecule has 1 saturated heterocycles. The Morgan fingerprint density at radius 2 is 1.85 bits per heavy atom. The molecule has 10 nitrogen and oxygen atoms in total. The lowest BCUT2D eigenvalue weighted by molar-refractivity contribution is -0.120. The molecule has 0 aliphatic carbocycles. The van der Waals surface area contributed by atoms with Gasteiger partial charge in [0.25, 0.3) is 5.91 Å². The van der Waals surface area contributed by atoms with Crippen molar-refractivity contribution in [2.75, 3.05) is 30.1 Å². The standard InChI is InChI=1S/C23H27N3O7S/c1-23(2,3)18-13-15(26-10-9-19(27)25-22(26)29)12-17(20(18)32-4)21(28)24-14-7-6-8-16(11-14)33-34(5,30)31/h6-8,11-13H,9-10H2,1-5H3,(H,24,28)(H,25,27,29). The maximum atomic E-state index is 13.3. The van der Waals surface area contributed by atoms with Crippen LogP contribution in [0, 0.1) is 0 Å². The Bertz CT molecular complexity index is 1250. The third kappa shape index (κ3) is 5.84. The number of methoxy groups -OCH3 is 1. The number of rotatable bonds is 6. The summed E-state index contributed by atoms with van der Waals surface area (Å²) in [4.78, 5) is 38.7. The second kappa shape index (κ2) is 9.34. The van der Waals surface area contributed by atoms with E-state index in [4.69, 9.17) is 8.92 Å². The molecule has 0 aromatic heterocycles. The molecular weight excluding hydrogens is 462 g/mol. The van der Waals surface area contributed by atoms with Crippen LogP contribution >= 0.6 is 0 Å². The highest BCUT2D eigenvalue weighted by atomic mass is 32.2. The summed E-state index contributed by atoms with van der Waals surface area (Å²) in [6.45, 7) is 6.01. The number of hydrogen-bond acceptors (Lipinski definition) is 7. The van der Waals surface area contributed by atoms with Crippen LogP contribution in [-0.2, 0) is 20.3 Å². The van der Waals surface area contributed by atoms with Crippen LogP contribution in [0.1, 0.15) is 43.1 Å². The van der Waals surface area contributed by atoms with Gasteiger partial charge in [0.05, 0.1) is 18.9 Å². The fraction of sp³-hybridized carbons (Fsp3) is 0.348. The minimum atomic E-state index is -3.73. The summed E-state index contributed by atoms with van der Waals surface area (Å²) < 4.78 is 33.3. The van der Waals surface area contributed by atoms with Crippen LogP contribution in [0.5, 0.6) is 11.5 Å². The maximum absolute atomic E-state index is 13.3. The zero-order chi connectivity index (χ0) is 25.3. The highest BCUT2D eigenvalue weighted by molar-refractivity contribution is 7.86. The van der Waals surface area contributed by atoms with E-state index in [-0.39, 0.29) is 30.2 Å². The molecule has 2 N–H and O–H groups in total. The van der Waals surface area contributed by atoms with Gasteiger partial charge in [-0.3, -0.25) is 19.8 Å². The van der Waals surface area contributed by atoms with Gasteiger partial charge in [-0.2, -0.15) is 8.42 Å². The van der Waals surface area contributed by atoms with Crippen molar-refractivity contribution in [2.45, 2.75) is 32.6 Å². The number of hydrogen-bond donors (Lipinski definition) is 2. The van der Waals surface area contributed by atoms with E-state index in [9.17, 15) is 22.8 Å². The van der Waals surface area contributed by atoms with Crippen LogP contribution in [-0.4, -0.2) is 46.2 Å². The number of ether oxygens (including phenoxy) is 1. The second-order valence-corrected chi connectivity index (χ2v) is 10.4. The summed E-state index contributed by atoms with van der Waals surface area (Å²) in [6, 6.07) is 8.67. The van der Waals surface area contributed by atoms with Crippen LogP contribution in [0.25, 0.3) is 0 Å². The van der Waals surface area contributed by atoms with Gasteiger partial charge in [-0.15, -0.1) is 0 Å². The van der Waals surface area contributed by atoms with Crippen LogP contribution < -0.4 is 24.5 Å². The van der Waals surface area contributed by atoms with E-state index in [2.05, 4.69) is 10.6 Å². The minimum absolute atomic E-state index is 0.0473. The van der Waals surface area contributed by atoms with E-state index in [1.807, 2.05) is 20.8 Å². The van der Waals surface area contributed by atoms with Gasteiger partial charge in [-0.05, 0) is 29.7 Å². The number of carbonyl (C=O) groups excluding carboxylic acids is 3. The van der Waals surface area contributed by atoms with Crippen molar-refractivity contribution in [1.29, 1.82) is 0 Å². The first-order valence-corrected chi connectivity index (χ1v) is 12.2. The fourth-order valence-corrected chi connectivity index (χ4v) is 3.98. The smallest absolute Gasteiger partial charge is 0.328 e. The van der Waals surface area contributed by atoms with Crippen LogP contribution in [0.4, 0.5) is 16.2 Å². The largest absolute Gasteiger partial charge is 0.496 e. The number of carbonyl (C=O) groups is 3. The summed E-state index contributed by atoms with van der Waals surface area (Å²) in [5.41, 5.74) is 1.16. The predicted octanol–water partition coefficient (Wildman–Crippen LogP) is 3.03. The predicted molar refractivity (Wildman–Crippen MR) is 127 cm³/mol. The lowest BCUT2D eigenvalue weighted by Gasteiger charge is -2.30. The molecule has 0 unspecified atom stereocenters. The zero-order valence-corrected chi connectivity index (χ0v) is 20.4. The van der Waals surface area contributed by atoms with Crippen molar-refractivity contribution in [1.82, 2.24) is 5.32 Å². The normalized spacial score (nSPS) is 14.4. The molecule has 0 saturated carbocycles. The van der Waals surface area contributed by atoms with Crippen molar-refractivity contribution in [3.8, 4) is 11.5 Å². The first-order chi connectivity index (χ1) is 15.8. The van der Waals surface area contributed by atoms with Crippen molar-refractivity contribution >= 4 is 39.3 Å². The molecule has 0 spiro atoms. The number of nitrogens with zero attached hydrogens (tertiary/aromatic N) is 1. The van der Waals surface area contributed by atoms with E-state index in [1.54, 1.807) is 18.2 Å². The van der Waals surface area contributed by atoms with Gasteiger partial charge in [0.1, 0.15) is 11.5 Å². The van der Waals surface area contributed by atoms with E-state index >= 15 is 0 Å². The number of nitrogens with one attached hydrogen (secondary N) is 2. The molecule has 1 fully saturated rings. The van der Waals surface area contributed by atoms with Gasteiger partial charge >= 0.3 is 16.1 Å². The van der Waals surface area contributed by atoms with Gasteiger partial charge in [-0.1, -0.05) is 26.8 Å². The lowest BCUT2D eigenvalue weighted by atomic mass is 9.84. The first kappa shape index (κ1) is 25.0. The molecule has 0 atom stereocenters. The highest BCUT2D eigenvalue weighted by Gasteiger charge is 2.30. The quantitative estimate of drug-likeness (QED) is 0.596. The molecular formula is C23H27N3O7S. The molecule has 0 radical (unpaired) electrons. The molecule has 34 heavy (non-hydrogen) atoms. The number of imide groups is 1. The van der Waals surface area contributed by atoms with Gasteiger partial charge in [0, 0.05) is 36.0 Å². The number of anilines is 2. The van der Waals surface area contributed by atoms with Crippen LogP contribution in [0.3, 0.4) is 0 Å². The SMILES string of the molecule is COc1c(C(=O)Nc2cccc(OS(C)(=O)=O)c2)cc(N2CCC(=O)NC2=O)cc1C(C)(C)C. The molecule has 2 aromatic carbocycles. The fourth-order valence-electron chi connectivity index (χ4n) is 3.52. The monoisotopic (exact) mass is 489 g/mol. The molecule has 4 amide bonds. The Kier molecular flexibility index (Phi) is 6.87. The number of benzene rings is 2. The van der Waals surface area contributed by atoms with E-state index < -0.39 is 27.5 Å². The lowest BCUT2D eigenvalue weighted by Crippen LogP contribution is -2.49. The van der Waals surface area contributed by atoms with Crippen molar-refractivity contribution in [2.24, 2.45) is 0 Å². The van der Waals surface area contributed by atoms with E-state index in [0.29, 0.717) is 22.7 Å². The molecule has 1 aliphatic heterocycles. The summed E-state index contributed by atoms with van der Waals surface area (Å²) in [6.07, 6.45) is 1.06. The van der Waals surface area contributed by atoms with Crippen LogP contribution in [0.2, 0.25) is 0 Å². The van der Waals surface area contributed by atoms with Crippen molar-refractivity contribution < 1.29 is 31.7 Å². The van der Waals surface area contributed by atoms with E-state index in [0.717, 1.165) is 6.26 Å². The molecule has 1 heterocycles. The van der Waals surface area contributed by atoms with Gasteiger partial charge in [0.15, 0.2) is 0 Å². The summed E-state index contributed by atoms with van der Waals surface area (Å²) in [5.74, 6) is -0.508. The molecule has 0 bridgehead atoms. The topological polar surface area (TPSA) is 131 Å². The minimum Gasteiger partial charge on any atom is -0.496 e. The Morgan fingerprint density at radius 3 is 2.44 bits per heavy atom. The first-order valence-electron chi connectivity index (χ1n) is 10.4. The molecule has 11 heteroatoms. The number of amides is 4. The summed E-state index contributed by atoms with van der Waals surface area (Å²) in [5, 5.41) is 5.00.